The number of aromatic nitrogens is 1. The molecular weight excluding hydrogens is 260 g/mol. The SMILES string of the molecule is CSc1cc(C#N)cc(C#Cc2csc(C)n2)c1. The maximum atomic E-state index is 8.95. The fourth-order valence-electron chi connectivity index (χ4n) is 1.41. The molecule has 1 heterocycles. The van der Waals surface area contributed by atoms with Gasteiger partial charge in [0.25, 0.3) is 0 Å². The predicted molar refractivity (Wildman–Crippen MR) is 75.8 cm³/mol. The largest absolute Gasteiger partial charge is 0.233 e. The maximum Gasteiger partial charge on any atom is 0.124 e. The van der Waals surface area contributed by atoms with Gasteiger partial charge >= 0.3 is 0 Å². The van der Waals surface area contributed by atoms with Gasteiger partial charge in [0, 0.05) is 15.8 Å². The Hall–Kier alpha value is -1.75. The second kappa shape index (κ2) is 5.73. The van der Waals surface area contributed by atoms with E-state index < -0.39 is 0 Å². The third-order valence-corrected chi connectivity index (χ3v) is 3.71. The van der Waals surface area contributed by atoms with Crippen molar-refractivity contribution in [3.63, 3.8) is 0 Å². The van der Waals surface area contributed by atoms with Crippen LogP contribution in [-0.4, -0.2) is 11.2 Å². The van der Waals surface area contributed by atoms with Gasteiger partial charge in [-0.15, -0.1) is 23.1 Å². The molecule has 0 amide bonds. The van der Waals surface area contributed by atoms with E-state index >= 15 is 0 Å². The summed E-state index contributed by atoms with van der Waals surface area (Å²) in [7, 11) is 0. The van der Waals surface area contributed by atoms with Crippen LogP contribution in [0.5, 0.6) is 0 Å². The van der Waals surface area contributed by atoms with Gasteiger partial charge in [-0.3, -0.25) is 0 Å². The second-order valence-electron chi connectivity index (χ2n) is 3.56. The molecule has 1 aromatic carbocycles. The van der Waals surface area contributed by atoms with Crippen molar-refractivity contribution in [2.75, 3.05) is 6.26 Å². The highest BCUT2D eigenvalue weighted by atomic mass is 32.2. The summed E-state index contributed by atoms with van der Waals surface area (Å²) >= 11 is 3.19. The molecule has 0 aliphatic carbocycles. The van der Waals surface area contributed by atoms with Crippen molar-refractivity contribution in [2.24, 2.45) is 0 Å². The molecule has 88 valence electrons. The molecule has 0 radical (unpaired) electrons. The molecule has 0 saturated carbocycles. The smallest absolute Gasteiger partial charge is 0.124 e. The summed E-state index contributed by atoms with van der Waals surface area (Å²) < 4.78 is 0. The highest BCUT2D eigenvalue weighted by molar-refractivity contribution is 7.98. The zero-order chi connectivity index (χ0) is 13.0. The van der Waals surface area contributed by atoms with Crippen LogP contribution in [0.25, 0.3) is 0 Å². The Morgan fingerprint density at radius 1 is 1.22 bits per heavy atom. The molecule has 0 N–H and O–H groups in total. The molecule has 2 nitrogen and oxygen atoms in total. The van der Waals surface area contributed by atoms with Gasteiger partial charge in [-0.05, 0) is 37.3 Å². The summed E-state index contributed by atoms with van der Waals surface area (Å²) in [6, 6.07) is 7.80. The Balaban J connectivity index is 2.35. The average molecular weight is 270 g/mol. The van der Waals surface area contributed by atoms with Crippen LogP contribution in [-0.2, 0) is 0 Å². The molecule has 0 atom stereocenters. The summed E-state index contributed by atoms with van der Waals surface area (Å²) in [5, 5.41) is 11.9. The van der Waals surface area contributed by atoms with Crippen molar-refractivity contribution >= 4 is 23.1 Å². The fourth-order valence-corrected chi connectivity index (χ4v) is 2.45. The van der Waals surface area contributed by atoms with E-state index in [-0.39, 0.29) is 0 Å². The summed E-state index contributed by atoms with van der Waals surface area (Å²) in [4.78, 5) is 5.33. The number of hydrogen-bond donors (Lipinski definition) is 0. The van der Waals surface area contributed by atoms with Gasteiger partial charge in [0.05, 0.1) is 16.6 Å². The van der Waals surface area contributed by atoms with Gasteiger partial charge in [-0.1, -0.05) is 5.92 Å². The van der Waals surface area contributed by atoms with Crippen LogP contribution in [0.2, 0.25) is 0 Å². The number of aryl methyl sites for hydroxylation is 1. The van der Waals surface area contributed by atoms with Crippen molar-refractivity contribution in [3.05, 3.63) is 45.4 Å². The van der Waals surface area contributed by atoms with E-state index in [1.807, 2.05) is 30.7 Å². The maximum absolute atomic E-state index is 8.95. The summed E-state index contributed by atoms with van der Waals surface area (Å²) in [6.45, 7) is 1.96. The average Bonchev–Trinajstić information content (AvgIpc) is 2.81. The quantitative estimate of drug-likeness (QED) is 0.588. The number of rotatable bonds is 1. The highest BCUT2D eigenvalue weighted by Crippen LogP contribution is 2.18. The van der Waals surface area contributed by atoms with E-state index in [4.69, 9.17) is 5.26 Å². The Morgan fingerprint density at radius 2 is 2.00 bits per heavy atom. The molecule has 0 aliphatic heterocycles. The minimum Gasteiger partial charge on any atom is -0.233 e. The van der Waals surface area contributed by atoms with E-state index in [1.54, 1.807) is 29.2 Å². The first-order valence-corrected chi connectivity index (χ1v) is 7.35. The first kappa shape index (κ1) is 12.7. The van der Waals surface area contributed by atoms with Crippen LogP contribution in [0.3, 0.4) is 0 Å². The lowest BCUT2D eigenvalue weighted by Crippen LogP contribution is -1.82. The zero-order valence-corrected chi connectivity index (χ0v) is 11.7. The third kappa shape index (κ3) is 3.13. The number of nitrogens with zero attached hydrogens (tertiary/aromatic N) is 2. The molecule has 2 aromatic rings. The lowest BCUT2D eigenvalue weighted by Gasteiger charge is -1.98. The van der Waals surface area contributed by atoms with Crippen LogP contribution in [0.15, 0.2) is 28.5 Å². The van der Waals surface area contributed by atoms with Crippen molar-refractivity contribution in [1.29, 1.82) is 5.26 Å². The van der Waals surface area contributed by atoms with Crippen LogP contribution < -0.4 is 0 Å². The van der Waals surface area contributed by atoms with Crippen LogP contribution in [0, 0.1) is 30.1 Å². The Kier molecular flexibility index (Phi) is 4.04. The summed E-state index contributed by atoms with van der Waals surface area (Å²) in [5.41, 5.74) is 2.27. The molecular formula is C14H10N2S2. The molecule has 0 spiro atoms. The number of thioether (sulfide) groups is 1. The molecule has 4 heteroatoms. The Labute approximate surface area is 115 Å². The highest BCUT2D eigenvalue weighted by Gasteiger charge is 1.98. The zero-order valence-electron chi connectivity index (χ0n) is 10.0. The topological polar surface area (TPSA) is 36.7 Å². The van der Waals surface area contributed by atoms with Gasteiger partial charge in [0.1, 0.15) is 5.69 Å². The van der Waals surface area contributed by atoms with Crippen molar-refractivity contribution in [1.82, 2.24) is 4.98 Å². The molecule has 0 saturated heterocycles. The van der Waals surface area contributed by atoms with Crippen molar-refractivity contribution in [3.8, 4) is 17.9 Å². The minimum atomic E-state index is 0.639. The van der Waals surface area contributed by atoms with E-state index in [2.05, 4.69) is 22.9 Å². The summed E-state index contributed by atoms with van der Waals surface area (Å²) in [5.74, 6) is 6.07. The van der Waals surface area contributed by atoms with Gasteiger partial charge in [-0.2, -0.15) is 5.26 Å². The Morgan fingerprint density at radius 3 is 2.61 bits per heavy atom. The van der Waals surface area contributed by atoms with E-state index in [1.165, 1.54) is 0 Å². The first-order chi connectivity index (χ1) is 8.71. The molecule has 0 bridgehead atoms. The lowest BCUT2D eigenvalue weighted by atomic mass is 10.1. The Bertz CT molecular complexity index is 669. The molecule has 2 rings (SSSR count). The number of hydrogen-bond acceptors (Lipinski definition) is 4. The van der Waals surface area contributed by atoms with E-state index in [0.717, 1.165) is 21.2 Å². The lowest BCUT2D eigenvalue weighted by molar-refractivity contribution is 1.27. The van der Waals surface area contributed by atoms with Gasteiger partial charge in [0.2, 0.25) is 0 Å². The molecule has 0 fully saturated rings. The second-order valence-corrected chi connectivity index (χ2v) is 5.51. The van der Waals surface area contributed by atoms with Crippen LogP contribution in [0.1, 0.15) is 21.8 Å². The van der Waals surface area contributed by atoms with E-state index in [0.29, 0.717) is 5.56 Å². The molecule has 0 unspecified atom stereocenters. The number of thiazole rings is 1. The molecule has 18 heavy (non-hydrogen) atoms. The van der Waals surface area contributed by atoms with Gasteiger partial charge in [0.15, 0.2) is 0 Å². The molecule has 1 aromatic heterocycles. The van der Waals surface area contributed by atoms with Crippen LogP contribution in [0.4, 0.5) is 0 Å². The van der Waals surface area contributed by atoms with Gasteiger partial charge < -0.3 is 0 Å². The van der Waals surface area contributed by atoms with Crippen molar-refractivity contribution in [2.45, 2.75) is 11.8 Å². The minimum absolute atomic E-state index is 0.639. The standard InChI is InChI=1S/C14H10N2S2/c1-10-16-13(9-18-10)4-3-11-5-12(8-15)7-14(6-11)17-2/h5-7,9H,1-2H3. The predicted octanol–water partition coefficient (Wildman–Crippen LogP) is 3.44. The summed E-state index contributed by atoms with van der Waals surface area (Å²) in [6.07, 6.45) is 1.98. The van der Waals surface area contributed by atoms with Crippen molar-refractivity contribution < 1.29 is 0 Å². The van der Waals surface area contributed by atoms with Gasteiger partial charge in [-0.25, -0.2) is 4.98 Å². The van der Waals surface area contributed by atoms with E-state index in [9.17, 15) is 0 Å². The first-order valence-electron chi connectivity index (χ1n) is 5.24. The molecule has 0 aliphatic rings. The van der Waals surface area contributed by atoms with Crippen LogP contribution >= 0.6 is 23.1 Å². The fraction of sp³-hybridized carbons (Fsp3) is 0.143. The normalized spacial score (nSPS) is 9.39. The monoisotopic (exact) mass is 270 g/mol. The third-order valence-electron chi connectivity index (χ3n) is 2.23. The number of benzene rings is 1. The number of nitriles is 1.